The van der Waals surface area contributed by atoms with E-state index < -0.39 is 5.97 Å². The molecule has 0 aliphatic rings. The van der Waals surface area contributed by atoms with Gasteiger partial charge in [0.15, 0.2) is 0 Å². The van der Waals surface area contributed by atoms with Gasteiger partial charge in [0, 0.05) is 0 Å². The number of anilines is 1. The van der Waals surface area contributed by atoms with Gasteiger partial charge in [-0.05, 0) is 41.5 Å². The van der Waals surface area contributed by atoms with Crippen LogP contribution in [0.25, 0.3) is 21.3 Å². The van der Waals surface area contributed by atoms with Crippen LogP contribution >= 0.6 is 11.3 Å². The van der Waals surface area contributed by atoms with Gasteiger partial charge in [-0.2, -0.15) is 0 Å². The lowest BCUT2D eigenvalue weighted by molar-refractivity contribution is -0.119. The first kappa shape index (κ1) is 18.6. The van der Waals surface area contributed by atoms with E-state index in [9.17, 15) is 9.59 Å². The van der Waals surface area contributed by atoms with Crippen LogP contribution < -0.4 is 10.9 Å². The predicted octanol–water partition coefficient (Wildman–Crippen LogP) is 4.35. The summed E-state index contributed by atoms with van der Waals surface area (Å²) in [5.74, 6) is -1.28. The maximum absolute atomic E-state index is 12.2. The number of nitrogens with zero attached hydrogens (tertiary/aromatic N) is 1. The largest absolute Gasteiger partial charge is 0.478 e. The Bertz CT molecular complexity index is 1190. The molecule has 4 rings (SSSR count). The van der Waals surface area contributed by atoms with Gasteiger partial charge in [0.05, 0.1) is 27.9 Å². The molecule has 3 aromatic carbocycles. The topological polar surface area (TPSA) is 91.3 Å². The van der Waals surface area contributed by atoms with Crippen LogP contribution in [-0.2, 0) is 11.2 Å². The van der Waals surface area contributed by atoms with Crippen LogP contribution in [0, 0.1) is 0 Å². The smallest absolute Gasteiger partial charge is 0.335 e. The van der Waals surface area contributed by atoms with E-state index in [1.807, 2.05) is 30.3 Å². The molecule has 6 nitrogen and oxygen atoms in total. The number of hydrogen-bond donors (Lipinski definition) is 3. The zero-order chi connectivity index (χ0) is 20.2. The van der Waals surface area contributed by atoms with Gasteiger partial charge in [0.1, 0.15) is 5.01 Å². The van der Waals surface area contributed by atoms with Crippen LogP contribution in [0.2, 0.25) is 0 Å². The van der Waals surface area contributed by atoms with Crippen molar-refractivity contribution in [1.29, 1.82) is 0 Å². The molecule has 7 heteroatoms. The highest BCUT2D eigenvalue weighted by atomic mass is 32.1. The first-order valence-electron chi connectivity index (χ1n) is 8.91. The Morgan fingerprint density at radius 3 is 2.55 bits per heavy atom. The van der Waals surface area contributed by atoms with Crippen LogP contribution in [0.4, 0.5) is 5.69 Å². The number of rotatable bonds is 6. The highest BCUT2D eigenvalue weighted by Gasteiger charge is 2.10. The molecule has 0 bridgehead atoms. The summed E-state index contributed by atoms with van der Waals surface area (Å²) in [6.07, 6.45) is 0.131. The van der Waals surface area contributed by atoms with E-state index in [1.54, 1.807) is 12.1 Å². The number of carbonyl (C=O) groups excluding carboxylic acids is 1. The molecule has 0 aliphatic carbocycles. The van der Waals surface area contributed by atoms with Crippen LogP contribution in [0.15, 0.2) is 72.8 Å². The molecule has 0 saturated carbocycles. The minimum atomic E-state index is -1.02. The molecule has 3 N–H and O–H groups in total. The van der Waals surface area contributed by atoms with Gasteiger partial charge in [0.2, 0.25) is 5.91 Å². The predicted molar refractivity (Wildman–Crippen MR) is 114 cm³/mol. The third-order valence-electron chi connectivity index (χ3n) is 4.31. The lowest BCUT2D eigenvalue weighted by Gasteiger charge is -2.08. The fraction of sp³-hybridized carbons (Fsp3) is 0.0455. The number of aromatic carboxylic acids is 1. The maximum atomic E-state index is 12.2. The molecule has 0 saturated heterocycles. The summed E-state index contributed by atoms with van der Waals surface area (Å²) >= 11 is 1.49. The number of benzene rings is 3. The van der Waals surface area contributed by atoms with E-state index >= 15 is 0 Å². The second-order valence-electron chi connectivity index (χ2n) is 6.39. The van der Waals surface area contributed by atoms with Crippen molar-refractivity contribution in [3.8, 4) is 11.1 Å². The highest BCUT2D eigenvalue weighted by Crippen LogP contribution is 2.28. The van der Waals surface area contributed by atoms with Crippen LogP contribution in [-0.4, -0.2) is 22.0 Å². The molecular formula is C22H17N3O3S. The number of aromatic nitrogens is 1. The van der Waals surface area contributed by atoms with Gasteiger partial charge in [-0.3, -0.25) is 15.6 Å². The van der Waals surface area contributed by atoms with Gasteiger partial charge in [0.25, 0.3) is 0 Å². The van der Waals surface area contributed by atoms with Crippen molar-refractivity contribution in [3.05, 3.63) is 83.4 Å². The van der Waals surface area contributed by atoms with Crippen LogP contribution in [0.1, 0.15) is 15.4 Å². The number of carbonyl (C=O) groups is 2. The molecule has 1 heterocycles. The SMILES string of the molecule is O=C(Cc1nc2ccc(-c3ccccc3)cc2s1)NNc1cccc(C(=O)O)c1. The molecule has 0 unspecified atom stereocenters. The third-order valence-corrected chi connectivity index (χ3v) is 5.33. The van der Waals surface area contributed by atoms with E-state index in [-0.39, 0.29) is 17.9 Å². The minimum absolute atomic E-state index is 0.131. The van der Waals surface area contributed by atoms with Crippen LogP contribution in [0.3, 0.4) is 0 Å². The van der Waals surface area contributed by atoms with Crippen molar-refractivity contribution in [1.82, 2.24) is 10.4 Å². The quantitative estimate of drug-likeness (QED) is 0.417. The molecule has 0 aliphatic heterocycles. The Hall–Kier alpha value is -3.71. The second kappa shape index (κ2) is 8.12. The Kier molecular flexibility index (Phi) is 5.22. The molecule has 29 heavy (non-hydrogen) atoms. The van der Waals surface area contributed by atoms with Crippen molar-refractivity contribution in [2.75, 3.05) is 5.43 Å². The minimum Gasteiger partial charge on any atom is -0.478 e. The van der Waals surface area contributed by atoms with Gasteiger partial charge >= 0.3 is 5.97 Å². The molecule has 1 aromatic heterocycles. The highest BCUT2D eigenvalue weighted by molar-refractivity contribution is 7.18. The first-order chi connectivity index (χ1) is 14.1. The lowest BCUT2D eigenvalue weighted by Crippen LogP contribution is -2.30. The molecule has 0 radical (unpaired) electrons. The zero-order valence-electron chi connectivity index (χ0n) is 15.3. The average molecular weight is 403 g/mol. The van der Waals surface area contributed by atoms with Gasteiger partial charge in [-0.1, -0.05) is 42.5 Å². The summed E-state index contributed by atoms with van der Waals surface area (Å²) in [6.45, 7) is 0. The Labute approximate surface area is 170 Å². The van der Waals surface area contributed by atoms with Gasteiger partial charge in [-0.25, -0.2) is 9.78 Å². The third kappa shape index (κ3) is 4.41. The monoisotopic (exact) mass is 403 g/mol. The number of fused-ring (bicyclic) bond motifs is 1. The van der Waals surface area contributed by atoms with E-state index in [2.05, 4.69) is 34.0 Å². The Morgan fingerprint density at radius 2 is 1.76 bits per heavy atom. The summed E-state index contributed by atoms with van der Waals surface area (Å²) in [4.78, 5) is 27.8. The Balaban J connectivity index is 1.43. The number of amides is 1. The molecule has 144 valence electrons. The molecule has 0 fully saturated rings. The number of thiazole rings is 1. The van der Waals surface area contributed by atoms with E-state index in [1.165, 1.54) is 23.5 Å². The lowest BCUT2D eigenvalue weighted by atomic mass is 10.1. The summed E-state index contributed by atoms with van der Waals surface area (Å²) in [5.41, 5.74) is 9.06. The fourth-order valence-electron chi connectivity index (χ4n) is 2.91. The standard InChI is InChI=1S/C22H17N3O3S/c26-20(25-24-17-8-4-7-16(11-17)22(27)28)13-21-23-18-10-9-15(12-19(18)29-21)14-5-2-1-3-6-14/h1-12,24H,13H2,(H,25,26)(H,27,28). The van der Waals surface area contributed by atoms with E-state index in [0.717, 1.165) is 21.3 Å². The fourth-order valence-corrected chi connectivity index (χ4v) is 3.92. The average Bonchev–Trinajstić information content (AvgIpc) is 3.14. The summed E-state index contributed by atoms with van der Waals surface area (Å²) in [7, 11) is 0. The summed E-state index contributed by atoms with van der Waals surface area (Å²) < 4.78 is 1.02. The second-order valence-corrected chi connectivity index (χ2v) is 7.51. The van der Waals surface area contributed by atoms with Crippen LogP contribution in [0.5, 0.6) is 0 Å². The number of hydrogen-bond acceptors (Lipinski definition) is 5. The number of carboxylic acids is 1. The number of nitrogens with one attached hydrogen (secondary N) is 2. The Morgan fingerprint density at radius 1 is 0.931 bits per heavy atom. The van der Waals surface area contributed by atoms with Crippen molar-refractivity contribution >= 4 is 39.1 Å². The van der Waals surface area contributed by atoms with Crippen molar-refractivity contribution in [3.63, 3.8) is 0 Å². The molecule has 0 atom stereocenters. The van der Waals surface area contributed by atoms with Crippen molar-refractivity contribution in [2.24, 2.45) is 0 Å². The van der Waals surface area contributed by atoms with E-state index in [4.69, 9.17) is 5.11 Å². The van der Waals surface area contributed by atoms with Crippen molar-refractivity contribution < 1.29 is 14.7 Å². The van der Waals surface area contributed by atoms with Crippen molar-refractivity contribution in [2.45, 2.75) is 6.42 Å². The zero-order valence-corrected chi connectivity index (χ0v) is 16.1. The van der Waals surface area contributed by atoms with E-state index in [0.29, 0.717) is 10.7 Å². The molecular weight excluding hydrogens is 386 g/mol. The summed E-state index contributed by atoms with van der Waals surface area (Å²) in [6, 6.07) is 22.4. The molecule has 0 spiro atoms. The number of carboxylic acid groups (broad SMARTS) is 1. The normalized spacial score (nSPS) is 10.6. The van der Waals surface area contributed by atoms with Gasteiger partial charge < -0.3 is 5.11 Å². The van der Waals surface area contributed by atoms with Gasteiger partial charge in [-0.15, -0.1) is 11.3 Å². The first-order valence-corrected chi connectivity index (χ1v) is 9.73. The molecule has 1 amide bonds. The number of hydrazine groups is 1. The summed E-state index contributed by atoms with van der Waals surface area (Å²) in [5, 5.41) is 9.73. The maximum Gasteiger partial charge on any atom is 0.335 e. The molecule has 4 aromatic rings.